The Bertz CT molecular complexity index is 475. The predicted molar refractivity (Wildman–Crippen MR) is 85.2 cm³/mol. The molecule has 3 aliphatic rings. The molecule has 6 nitrogen and oxygen atoms in total. The van der Waals surface area contributed by atoms with Crippen molar-refractivity contribution in [3.63, 3.8) is 0 Å². The second-order valence-corrected chi connectivity index (χ2v) is 7.73. The first-order chi connectivity index (χ1) is 11.0. The third-order valence-electron chi connectivity index (χ3n) is 6.31. The lowest BCUT2D eigenvalue weighted by Gasteiger charge is -2.30. The number of hydrogen-bond donors (Lipinski definition) is 2. The Morgan fingerprint density at radius 3 is 2.61 bits per heavy atom. The summed E-state index contributed by atoms with van der Waals surface area (Å²) in [5.74, 6) is -0.618. The van der Waals surface area contributed by atoms with Crippen molar-refractivity contribution < 1.29 is 19.4 Å². The van der Waals surface area contributed by atoms with Crippen LogP contribution >= 0.6 is 0 Å². The number of aliphatic carboxylic acids is 1. The quantitative estimate of drug-likeness (QED) is 0.811. The minimum absolute atomic E-state index is 0.0600. The normalized spacial score (nSPS) is 32.0. The predicted octanol–water partition coefficient (Wildman–Crippen LogP) is 2.09. The summed E-state index contributed by atoms with van der Waals surface area (Å²) in [6, 6.07) is -0.109. The molecule has 0 spiro atoms. The molecule has 1 aliphatic heterocycles. The molecule has 0 radical (unpaired) electrons. The summed E-state index contributed by atoms with van der Waals surface area (Å²) in [4.78, 5) is 25.9. The first kappa shape index (κ1) is 16.6. The fraction of sp³-hybridized carbons (Fsp3) is 0.882. The summed E-state index contributed by atoms with van der Waals surface area (Å²) >= 11 is 0. The lowest BCUT2D eigenvalue weighted by atomic mass is 9.81. The van der Waals surface area contributed by atoms with Crippen molar-refractivity contribution in [2.45, 2.75) is 44.9 Å². The van der Waals surface area contributed by atoms with Crippen molar-refractivity contribution in [2.75, 3.05) is 33.4 Å². The molecule has 2 saturated carbocycles. The average Bonchev–Trinajstić information content (AvgIpc) is 3.19. The SMILES string of the molecule is COCC1(CNC(=O)N2C[C@@H]3CCC[C@@]3(C(=O)O)C2)CCCC1. The van der Waals surface area contributed by atoms with Gasteiger partial charge >= 0.3 is 12.0 Å². The maximum atomic E-state index is 12.5. The van der Waals surface area contributed by atoms with Gasteiger partial charge in [-0.05, 0) is 31.6 Å². The molecule has 3 rings (SSSR count). The van der Waals surface area contributed by atoms with Crippen LogP contribution in [0.1, 0.15) is 44.9 Å². The van der Waals surface area contributed by atoms with Crippen LogP contribution in [0.25, 0.3) is 0 Å². The van der Waals surface area contributed by atoms with Crippen molar-refractivity contribution in [3.05, 3.63) is 0 Å². The minimum atomic E-state index is -0.734. The number of hydrogen-bond acceptors (Lipinski definition) is 3. The molecule has 2 aliphatic carbocycles. The van der Waals surface area contributed by atoms with E-state index in [1.807, 2.05) is 0 Å². The van der Waals surface area contributed by atoms with Gasteiger partial charge < -0.3 is 20.1 Å². The highest BCUT2D eigenvalue weighted by atomic mass is 16.5. The van der Waals surface area contributed by atoms with Gasteiger partial charge in [-0.1, -0.05) is 19.3 Å². The van der Waals surface area contributed by atoms with Gasteiger partial charge in [-0.3, -0.25) is 4.79 Å². The van der Waals surface area contributed by atoms with E-state index in [9.17, 15) is 14.7 Å². The van der Waals surface area contributed by atoms with Crippen LogP contribution in [0.5, 0.6) is 0 Å². The molecule has 0 aromatic heterocycles. The van der Waals surface area contributed by atoms with Crippen LogP contribution in [0.4, 0.5) is 4.79 Å². The van der Waals surface area contributed by atoms with E-state index in [0.717, 1.165) is 25.7 Å². The number of rotatable bonds is 5. The van der Waals surface area contributed by atoms with Gasteiger partial charge in [-0.15, -0.1) is 0 Å². The minimum Gasteiger partial charge on any atom is -0.481 e. The zero-order chi connectivity index (χ0) is 16.5. The summed E-state index contributed by atoms with van der Waals surface area (Å²) in [6.07, 6.45) is 7.13. The smallest absolute Gasteiger partial charge is 0.317 e. The Hall–Kier alpha value is -1.30. The van der Waals surface area contributed by atoms with E-state index in [2.05, 4.69) is 5.32 Å². The number of likely N-dealkylation sites (tertiary alicyclic amines) is 1. The number of carbonyl (C=O) groups is 2. The number of nitrogens with one attached hydrogen (secondary N) is 1. The van der Waals surface area contributed by atoms with Crippen molar-refractivity contribution in [2.24, 2.45) is 16.7 Å². The van der Waals surface area contributed by atoms with Gasteiger partial charge in [0.1, 0.15) is 0 Å². The molecule has 23 heavy (non-hydrogen) atoms. The Morgan fingerprint density at radius 2 is 2.00 bits per heavy atom. The molecule has 6 heteroatoms. The molecule has 1 saturated heterocycles. The van der Waals surface area contributed by atoms with Crippen LogP contribution in [0.2, 0.25) is 0 Å². The van der Waals surface area contributed by atoms with Crippen molar-refractivity contribution >= 4 is 12.0 Å². The van der Waals surface area contributed by atoms with Gasteiger partial charge in [0.05, 0.1) is 12.0 Å². The van der Waals surface area contributed by atoms with Crippen molar-refractivity contribution in [1.29, 1.82) is 0 Å². The molecule has 2 N–H and O–H groups in total. The number of fused-ring (bicyclic) bond motifs is 1. The number of urea groups is 1. The van der Waals surface area contributed by atoms with E-state index in [1.165, 1.54) is 12.8 Å². The molecular weight excluding hydrogens is 296 g/mol. The Balaban J connectivity index is 1.58. The summed E-state index contributed by atoms with van der Waals surface area (Å²) in [5.41, 5.74) is -0.639. The highest BCUT2D eigenvalue weighted by Crippen LogP contribution is 2.48. The number of amides is 2. The van der Waals surface area contributed by atoms with Crippen LogP contribution in [-0.4, -0.2) is 55.4 Å². The zero-order valence-electron chi connectivity index (χ0n) is 14.0. The van der Waals surface area contributed by atoms with E-state index in [4.69, 9.17) is 4.74 Å². The van der Waals surface area contributed by atoms with Crippen molar-refractivity contribution in [1.82, 2.24) is 10.2 Å². The topological polar surface area (TPSA) is 78.9 Å². The number of carbonyl (C=O) groups excluding carboxylic acids is 1. The summed E-state index contributed by atoms with van der Waals surface area (Å²) in [7, 11) is 1.71. The first-order valence-corrected chi connectivity index (χ1v) is 8.76. The van der Waals surface area contributed by atoms with Crippen LogP contribution < -0.4 is 5.32 Å². The second-order valence-electron chi connectivity index (χ2n) is 7.73. The summed E-state index contributed by atoms with van der Waals surface area (Å²) in [6.45, 7) is 2.24. The average molecular weight is 324 g/mol. The first-order valence-electron chi connectivity index (χ1n) is 8.76. The zero-order valence-corrected chi connectivity index (χ0v) is 14.0. The molecule has 3 fully saturated rings. The van der Waals surface area contributed by atoms with E-state index < -0.39 is 11.4 Å². The Morgan fingerprint density at radius 1 is 1.26 bits per heavy atom. The van der Waals surface area contributed by atoms with Crippen LogP contribution in [0, 0.1) is 16.7 Å². The lowest BCUT2D eigenvalue weighted by molar-refractivity contribution is -0.149. The van der Waals surface area contributed by atoms with E-state index in [-0.39, 0.29) is 17.4 Å². The number of nitrogens with zero attached hydrogens (tertiary/aromatic N) is 1. The van der Waals surface area contributed by atoms with Gasteiger partial charge in [-0.2, -0.15) is 0 Å². The maximum Gasteiger partial charge on any atom is 0.317 e. The third-order valence-corrected chi connectivity index (χ3v) is 6.31. The van der Waals surface area contributed by atoms with Crippen molar-refractivity contribution in [3.8, 4) is 0 Å². The molecule has 0 aromatic carbocycles. The fourth-order valence-corrected chi connectivity index (χ4v) is 4.97. The number of carboxylic acid groups (broad SMARTS) is 1. The van der Waals surface area contributed by atoms with Crippen LogP contribution in [-0.2, 0) is 9.53 Å². The second kappa shape index (κ2) is 6.30. The molecule has 2 amide bonds. The fourth-order valence-electron chi connectivity index (χ4n) is 4.97. The van der Waals surface area contributed by atoms with E-state index in [0.29, 0.717) is 32.7 Å². The maximum absolute atomic E-state index is 12.5. The number of ether oxygens (including phenoxy) is 1. The van der Waals surface area contributed by atoms with Gasteiger partial charge in [0.25, 0.3) is 0 Å². The molecule has 0 unspecified atom stereocenters. The monoisotopic (exact) mass is 324 g/mol. The standard InChI is InChI=1S/C17H28N2O4/c1-23-12-16(6-2-3-7-16)10-18-15(22)19-9-13-5-4-8-17(13,11-19)14(20)21/h13H,2-12H2,1H3,(H,18,22)(H,20,21)/t13-,17+/m0/s1. The van der Waals surface area contributed by atoms with Crippen LogP contribution in [0.15, 0.2) is 0 Å². The van der Waals surface area contributed by atoms with Crippen LogP contribution in [0.3, 0.4) is 0 Å². The van der Waals surface area contributed by atoms with Gasteiger partial charge in [0, 0.05) is 32.2 Å². The molecule has 130 valence electrons. The van der Waals surface area contributed by atoms with E-state index in [1.54, 1.807) is 12.0 Å². The molecule has 0 aromatic rings. The van der Waals surface area contributed by atoms with Gasteiger partial charge in [0.2, 0.25) is 0 Å². The largest absolute Gasteiger partial charge is 0.481 e. The highest BCUT2D eigenvalue weighted by Gasteiger charge is 2.55. The Kier molecular flexibility index (Phi) is 4.54. The van der Waals surface area contributed by atoms with E-state index >= 15 is 0 Å². The molecule has 1 heterocycles. The number of carboxylic acids is 1. The highest BCUT2D eigenvalue weighted by molar-refractivity contribution is 5.80. The summed E-state index contributed by atoms with van der Waals surface area (Å²) in [5, 5.41) is 12.7. The molecule has 2 atom stereocenters. The molecular formula is C17H28N2O4. The molecule has 0 bridgehead atoms. The lowest BCUT2D eigenvalue weighted by Crippen LogP contribution is -2.46. The third kappa shape index (κ3) is 2.93. The number of methoxy groups -OCH3 is 1. The van der Waals surface area contributed by atoms with Gasteiger partial charge in [-0.25, -0.2) is 4.79 Å². The van der Waals surface area contributed by atoms with Gasteiger partial charge in [0.15, 0.2) is 0 Å². The summed E-state index contributed by atoms with van der Waals surface area (Å²) < 4.78 is 5.35. The Labute approximate surface area is 137 Å².